The summed E-state index contributed by atoms with van der Waals surface area (Å²) < 4.78 is 10.6. The quantitative estimate of drug-likeness (QED) is 0.761. The van der Waals surface area contributed by atoms with Gasteiger partial charge in [0.15, 0.2) is 11.5 Å². The van der Waals surface area contributed by atoms with Crippen LogP contribution in [0.1, 0.15) is 18.9 Å². The van der Waals surface area contributed by atoms with Crippen LogP contribution in [0.5, 0.6) is 11.5 Å². The van der Waals surface area contributed by atoms with Gasteiger partial charge in [-0.1, -0.05) is 6.07 Å². The lowest BCUT2D eigenvalue weighted by molar-refractivity contribution is -0.134. The highest BCUT2D eigenvalue weighted by molar-refractivity contribution is 6.08. The van der Waals surface area contributed by atoms with E-state index in [0.29, 0.717) is 24.3 Å². The van der Waals surface area contributed by atoms with Gasteiger partial charge < -0.3 is 20.1 Å². The molecular weight excluding hydrogens is 314 g/mol. The van der Waals surface area contributed by atoms with Crippen LogP contribution in [0.2, 0.25) is 0 Å². The Hall–Kier alpha value is -2.77. The molecule has 3 rings (SSSR count). The van der Waals surface area contributed by atoms with Crippen molar-refractivity contribution in [1.82, 2.24) is 15.5 Å². The molecule has 24 heavy (non-hydrogen) atoms. The minimum absolute atomic E-state index is 0.208. The number of carbonyl (C=O) groups excluding carboxylic acids is 3. The van der Waals surface area contributed by atoms with Gasteiger partial charge >= 0.3 is 6.03 Å². The zero-order valence-electron chi connectivity index (χ0n) is 13.5. The van der Waals surface area contributed by atoms with Crippen LogP contribution in [0.3, 0.4) is 0 Å². The van der Waals surface area contributed by atoms with Crippen molar-refractivity contribution in [2.45, 2.75) is 25.3 Å². The predicted octanol–water partition coefficient (Wildman–Crippen LogP) is 0.404. The summed E-state index contributed by atoms with van der Waals surface area (Å²) in [6.07, 6.45) is 0.994. The smallest absolute Gasteiger partial charge is 0.325 e. The summed E-state index contributed by atoms with van der Waals surface area (Å²) in [5, 5.41) is 5.09. The van der Waals surface area contributed by atoms with Crippen LogP contribution in [0.25, 0.3) is 0 Å². The van der Waals surface area contributed by atoms with Crippen molar-refractivity contribution >= 4 is 17.8 Å². The minimum atomic E-state index is -1.03. The van der Waals surface area contributed by atoms with Gasteiger partial charge in [0.1, 0.15) is 12.1 Å². The lowest BCUT2D eigenvalue weighted by atomic mass is 9.93. The highest BCUT2D eigenvalue weighted by atomic mass is 16.7. The fourth-order valence-corrected chi connectivity index (χ4v) is 2.77. The van der Waals surface area contributed by atoms with Crippen LogP contribution >= 0.6 is 0 Å². The number of nitrogens with zero attached hydrogens (tertiary/aromatic N) is 1. The Bertz CT molecular complexity index is 705. The minimum Gasteiger partial charge on any atom is -0.454 e. The molecule has 8 heteroatoms. The fraction of sp³-hybridized carbons (Fsp3) is 0.438. The van der Waals surface area contributed by atoms with Crippen molar-refractivity contribution in [3.8, 4) is 11.5 Å². The maximum Gasteiger partial charge on any atom is 0.325 e. The molecular formula is C16H19N3O5. The number of likely N-dealkylation sites (N-methyl/N-ethyl adjacent to an activating group) is 1. The number of fused-ring (bicyclic) bond motifs is 1. The van der Waals surface area contributed by atoms with Gasteiger partial charge in [0, 0.05) is 7.05 Å². The molecule has 0 aliphatic carbocycles. The molecule has 0 radical (unpaired) electrons. The van der Waals surface area contributed by atoms with Gasteiger partial charge in [-0.3, -0.25) is 14.5 Å². The molecule has 0 bridgehead atoms. The van der Waals surface area contributed by atoms with E-state index in [1.807, 2.05) is 18.2 Å². The number of ether oxygens (including phenoxy) is 2. The Morgan fingerprint density at radius 1 is 1.33 bits per heavy atom. The average Bonchev–Trinajstić information content (AvgIpc) is 3.11. The van der Waals surface area contributed by atoms with Gasteiger partial charge in [-0.25, -0.2) is 4.79 Å². The van der Waals surface area contributed by atoms with Crippen LogP contribution in [0.15, 0.2) is 18.2 Å². The molecule has 2 N–H and O–H groups in total. The van der Waals surface area contributed by atoms with Gasteiger partial charge in [0.05, 0.1) is 0 Å². The fourth-order valence-electron chi connectivity index (χ4n) is 2.77. The molecule has 1 saturated heterocycles. The summed E-state index contributed by atoms with van der Waals surface area (Å²) in [6.45, 7) is 1.60. The average molecular weight is 333 g/mol. The van der Waals surface area contributed by atoms with Crippen molar-refractivity contribution in [3.05, 3.63) is 23.8 Å². The van der Waals surface area contributed by atoms with Gasteiger partial charge in [0.2, 0.25) is 12.7 Å². The summed E-state index contributed by atoms with van der Waals surface area (Å²) in [4.78, 5) is 36.9. The number of benzene rings is 1. The lowest BCUT2D eigenvalue weighted by Gasteiger charge is -2.21. The molecule has 4 amide bonds. The van der Waals surface area contributed by atoms with Gasteiger partial charge in [-0.15, -0.1) is 0 Å². The Balaban J connectivity index is 1.67. The molecule has 8 nitrogen and oxygen atoms in total. The van der Waals surface area contributed by atoms with E-state index in [1.54, 1.807) is 6.92 Å². The third kappa shape index (κ3) is 2.86. The Morgan fingerprint density at radius 3 is 2.83 bits per heavy atom. The van der Waals surface area contributed by atoms with Gasteiger partial charge in [0.25, 0.3) is 5.91 Å². The topological polar surface area (TPSA) is 97.0 Å². The first-order valence-corrected chi connectivity index (χ1v) is 7.66. The standard InChI is InChI=1S/C16H19N3O5/c1-16(14(21)19(15(22)18-16)8-13(20)17-2)6-5-10-3-4-11-12(7-10)24-9-23-11/h3-4,7H,5-6,8-9H2,1-2H3,(H,17,20)(H,18,22). The Labute approximate surface area is 139 Å². The van der Waals surface area contributed by atoms with E-state index in [-0.39, 0.29) is 13.3 Å². The summed E-state index contributed by atoms with van der Waals surface area (Å²) in [5.74, 6) is 0.600. The van der Waals surface area contributed by atoms with Crippen LogP contribution in [-0.4, -0.2) is 48.7 Å². The van der Waals surface area contributed by atoms with E-state index in [4.69, 9.17) is 9.47 Å². The first kappa shape index (κ1) is 16.1. The van der Waals surface area contributed by atoms with Crippen LogP contribution < -0.4 is 20.1 Å². The van der Waals surface area contributed by atoms with Crippen molar-refractivity contribution < 1.29 is 23.9 Å². The number of nitrogens with one attached hydrogen (secondary N) is 2. The molecule has 0 aromatic heterocycles. The lowest BCUT2D eigenvalue weighted by Crippen LogP contribution is -2.45. The van der Waals surface area contributed by atoms with Crippen molar-refractivity contribution in [2.75, 3.05) is 20.4 Å². The number of aryl methyl sites for hydroxylation is 1. The molecule has 1 unspecified atom stereocenters. The maximum atomic E-state index is 12.5. The van der Waals surface area contributed by atoms with E-state index in [9.17, 15) is 14.4 Å². The van der Waals surface area contributed by atoms with Gasteiger partial charge in [-0.2, -0.15) is 0 Å². The van der Waals surface area contributed by atoms with E-state index >= 15 is 0 Å². The second-order valence-electron chi connectivity index (χ2n) is 6.01. The summed E-state index contributed by atoms with van der Waals surface area (Å²) in [5.41, 5.74) is -0.0474. The largest absolute Gasteiger partial charge is 0.454 e. The highest BCUT2D eigenvalue weighted by Gasteiger charge is 2.47. The highest BCUT2D eigenvalue weighted by Crippen LogP contribution is 2.33. The zero-order chi connectivity index (χ0) is 17.3. The first-order valence-electron chi connectivity index (χ1n) is 7.66. The van der Waals surface area contributed by atoms with Crippen molar-refractivity contribution in [2.24, 2.45) is 0 Å². The number of hydrogen-bond donors (Lipinski definition) is 2. The number of rotatable bonds is 5. The molecule has 1 fully saturated rings. The molecule has 0 spiro atoms. The Kier molecular flexibility index (Phi) is 4.04. The summed E-state index contributed by atoms with van der Waals surface area (Å²) >= 11 is 0. The molecule has 2 aliphatic rings. The van der Waals surface area contributed by atoms with Gasteiger partial charge in [-0.05, 0) is 37.5 Å². The van der Waals surface area contributed by atoms with Crippen LogP contribution in [0.4, 0.5) is 4.79 Å². The van der Waals surface area contributed by atoms with E-state index < -0.39 is 23.4 Å². The summed E-state index contributed by atoms with van der Waals surface area (Å²) in [6, 6.07) is 5.06. The molecule has 2 aliphatic heterocycles. The monoisotopic (exact) mass is 333 g/mol. The van der Waals surface area contributed by atoms with E-state index in [0.717, 1.165) is 10.5 Å². The third-order valence-corrected chi connectivity index (χ3v) is 4.28. The number of hydrogen-bond acceptors (Lipinski definition) is 5. The molecule has 1 atom stereocenters. The Morgan fingerprint density at radius 2 is 2.08 bits per heavy atom. The molecule has 128 valence electrons. The van der Waals surface area contributed by atoms with Crippen LogP contribution in [0, 0.1) is 0 Å². The normalized spacial score (nSPS) is 21.8. The second kappa shape index (κ2) is 6.03. The molecule has 1 aromatic carbocycles. The maximum absolute atomic E-state index is 12.5. The summed E-state index contributed by atoms with van der Waals surface area (Å²) in [7, 11) is 1.46. The second-order valence-corrected chi connectivity index (χ2v) is 6.01. The molecule has 2 heterocycles. The number of amides is 4. The van der Waals surface area contributed by atoms with Crippen LogP contribution in [-0.2, 0) is 16.0 Å². The number of urea groups is 1. The molecule has 0 saturated carbocycles. The first-order chi connectivity index (χ1) is 11.4. The predicted molar refractivity (Wildman–Crippen MR) is 83.6 cm³/mol. The zero-order valence-corrected chi connectivity index (χ0v) is 13.5. The number of imide groups is 1. The van der Waals surface area contributed by atoms with Crippen molar-refractivity contribution in [1.29, 1.82) is 0 Å². The number of carbonyl (C=O) groups is 3. The van der Waals surface area contributed by atoms with E-state index in [1.165, 1.54) is 7.05 Å². The van der Waals surface area contributed by atoms with Crippen molar-refractivity contribution in [3.63, 3.8) is 0 Å². The molecule has 1 aromatic rings. The SMILES string of the molecule is CNC(=O)CN1C(=O)NC(C)(CCc2ccc3c(c2)OCO3)C1=O. The van der Waals surface area contributed by atoms with E-state index in [2.05, 4.69) is 10.6 Å². The third-order valence-electron chi connectivity index (χ3n) is 4.28.